The largest absolute Gasteiger partial charge is 0.369 e. The number of nitrogens with zero attached hydrogens (tertiary/aromatic N) is 2. The van der Waals surface area contributed by atoms with Crippen molar-refractivity contribution in [2.24, 2.45) is 0 Å². The number of para-hydroxylation sites is 1. The lowest BCUT2D eigenvalue weighted by atomic mass is 10.3. The summed E-state index contributed by atoms with van der Waals surface area (Å²) in [6, 6.07) is 9.80. The normalized spacial score (nSPS) is 10.2. The van der Waals surface area contributed by atoms with E-state index in [-0.39, 0.29) is 0 Å². The van der Waals surface area contributed by atoms with Gasteiger partial charge in [0.15, 0.2) is 0 Å². The quantitative estimate of drug-likeness (QED) is 0.714. The number of benzene rings is 1. The molecular weight excluding hydrogens is 306 g/mol. The molecule has 0 atom stereocenters. The van der Waals surface area contributed by atoms with E-state index in [4.69, 9.17) is 0 Å². The predicted octanol–water partition coefficient (Wildman–Crippen LogP) is 2.61. The Hall–Kier alpha value is -1.66. The van der Waals surface area contributed by atoms with Gasteiger partial charge in [-0.2, -0.15) is 0 Å². The van der Waals surface area contributed by atoms with Gasteiger partial charge in [-0.15, -0.1) is 0 Å². The number of rotatable bonds is 6. The molecule has 2 rings (SSSR count). The van der Waals surface area contributed by atoms with Crippen LogP contribution in [0.5, 0.6) is 0 Å². The highest BCUT2D eigenvalue weighted by Crippen LogP contribution is 2.24. The zero-order valence-corrected chi connectivity index (χ0v) is 12.2. The Morgan fingerprint density at radius 2 is 1.89 bits per heavy atom. The molecule has 0 aliphatic carbocycles. The van der Waals surface area contributed by atoms with Crippen molar-refractivity contribution < 1.29 is 0 Å². The van der Waals surface area contributed by atoms with E-state index in [9.17, 15) is 0 Å². The Kier molecular flexibility index (Phi) is 5.11. The molecule has 0 radical (unpaired) electrons. The van der Waals surface area contributed by atoms with Gasteiger partial charge < -0.3 is 16.0 Å². The first-order valence-electron chi connectivity index (χ1n) is 6.01. The van der Waals surface area contributed by atoms with Crippen LogP contribution >= 0.6 is 15.9 Å². The predicted molar refractivity (Wildman–Crippen MR) is 81.9 cm³/mol. The van der Waals surface area contributed by atoms with Crippen LogP contribution in [0, 0.1) is 0 Å². The molecule has 3 N–H and O–H groups in total. The van der Waals surface area contributed by atoms with E-state index in [2.05, 4.69) is 41.8 Å². The fourth-order valence-electron chi connectivity index (χ4n) is 1.54. The van der Waals surface area contributed by atoms with Crippen LogP contribution in [0.3, 0.4) is 0 Å². The Labute approximate surface area is 121 Å². The van der Waals surface area contributed by atoms with Gasteiger partial charge in [0, 0.05) is 23.6 Å². The maximum atomic E-state index is 4.21. The molecule has 0 fully saturated rings. The summed E-state index contributed by atoms with van der Waals surface area (Å²) >= 11 is 3.49. The zero-order valence-electron chi connectivity index (χ0n) is 10.7. The molecule has 0 bridgehead atoms. The number of aromatic nitrogens is 2. The minimum Gasteiger partial charge on any atom is -0.369 e. The fraction of sp³-hybridized carbons (Fsp3) is 0.231. The number of anilines is 3. The van der Waals surface area contributed by atoms with Crippen molar-refractivity contribution in [2.75, 3.05) is 30.8 Å². The van der Waals surface area contributed by atoms with E-state index in [1.807, 2.05) is 37.4 Å². The number of hydrogen-bond donors (Lipinski definition) is 3. The van der Waals surface area contributed by atoms with Crippen LogP contribution in [0.4, 0.5) is 17.3 Å². The smallest absolute Gasteiger partial charge is 0.135 e. The van der Waals surface area contributed by atoms with Crippen molar-refractivity contribution in [2.45, 2.75) is 0 Å². The highest BCUT2D eigenvalue weighted by molar-refractivity contribution is 9.10. The van der Waals surface area contributed by atoms with Crippen molar-refractivity contribution in [3.8, 4) is 0 Å². The lowest BCUT2D eigenvalue weighted by Crippen LogP contribution is -2.18. The monoisotopic (exact) mass is 321 g/mol. The Balaban J connectivity index is 2.05. The van der Waals surface area contributed by atoms with E-state index in [1.165, 1.54) is 0 Å². The van der Waals surface area contributed by atoms with Gasteiger partial charge in [-0.3, -0.25) is 0 Å². The first kappa shape index (κ1) is 13.8. The van der Waals surface area contributed by atoms with Crippen LogP contribution in [0.1, 0.15) is 0 Å². The average molecular weight is 322 g/mol. The van der Waals surface area contributed by atoms with Crippen molar-refractivity contribution in [1.29, 1.82) is 0 Å². The van der Waals surface area contributed by atoms with Gasteiger partial charge in [0.25, 0.3) is 0 Å². The van der Waals surface area contributed by atoms with E-state index in [1.54, 1.807) is 6.33 Å². The van der Waals surface area contributed by atoms with Crippen LogP contribution in [0.2, 0.25) is 0 Å². The van der Waals surface area contributed by atoms with Gasteiger partial charge in [-0.1, -0.05) is 12.1 Å². The summed E-state index contributed by atoms with van der Waals surface area (Å²) in [5, 5.41) is 9.54. The molecule has 1 heterocycles. The molecule has 0 spiro atoms. The standard InChI is InChI=1S/C13H16BrN5/c1-15-6-7-16-12-8-13(18-9-17-12)19-11-5-3-2-4-10(11)14/h2-5,8-9,15H,6-7H2,1H3,(H2,16,17,18,19). The van der Waals surface area contributed by atoms with Crippen molar-refractivity contribution >= 4 is 33.3 Å². The molecule has 0 aliphatic heterocycles. The molecular formula is C13H16BrN5. The Morgan fingerprint density at radius 1 is 1.11 bits per heavy atom. The third-order valence-electron chi connectivity index (χ3n) is 2.48. The first-order chi connectivity index (χ1) is 9.29. The average Bonchev–Trinajstić information content (AvgIpc) is 2.42. The zero-order chi connectivity index (χ0) is 13.5. The van der Waals surface area contributed by atoms with Gasteiger partial charge in [-0.05, 0) is 35.1 Å². The number of halogens is 1. The summed E-state index contributed by atoms with van der Waals surface area (Å²) in [4.78, 5) is 8.38. The van der Waals surface area contributed by atoms with Gasteiger partial charge in [-0.25, -0.2) is 9.97 Å². The summed E-state index contributed by atoms with van der Waals surface area (Å²) in [6.45, 7) is 1.71. The molecule has 0 aliphatic rings. The molecule has 0 saturated heterocycles. The molecule has 100 valence electrons. The summed E-state index contributed by atoms with van der Waals surface area (Å²) in [5.74, 6) is 1.56. The second-order valence-corrected chi connectivity index (χ2v) is 4.78. The van der Waals surface area contributed by atoms with Crippen LogP contribution in [0.15, 0.2) is 41.1 Å². The highest BCUT2D eigenvalue weighted by Gasteiger charge is 2.01. The van der Waals surface area contributed by atoms with Gasteiger partial charge in [0.05, 0.1) is 5.69 Å². The lowest BCUT2D eigenvalue weighted by molar-refractivity contribution is 0.821. The summed E-state index contributed by atoms with van der Waals surface area (Å²) in [7, 11) is 1.92. The molecule has 0 unspecified atom stereocenters. The topological polar surface area (TPSA) is 61.9 Å². The molecule has 1 aromatic carbocycles. The Bertz CT molecular complexity index is 532. The number of nitrogens with one attached hydrogen (secondary N) is 3. The maximum absolute atomic E-state index is 4.21. The molecule has 5 nitrogen and oxygen atoms in total. The summed E-state index contributed by atoms with van der Waals surface area (Å²) < 4.78 is 0.998. The van der Waals surface area contributed by atoms with E-state index < -0.39 is 0 Å². The summed E-state index contributed by atoms with van der Waals surface area (Å²) in [6.07, 6.45) is 1.54. The molecule has 19 heavy (non-hydrogen) atoms. The molecule has 2 aromatic rings. The molecule has 0 saturated carbocycles. The number of likely N-dealkylation sites (N-methyl/N-ethyl adjacent to an activating group) is 1. The van der Waals surface area contributed by atoms with Crippen molar-refractivity contribution in [1.82, 2.24) is 15.3 Å². The van der Waals surface area contributed by atoms with Crippen LogP contribution < -0.4 is 16.0 Å². The lowest BCUT2D eigenvalue weighted by Gasteiger charge is -2.09. The third kappa shape index (κ3) is 4.18. The van der Waals surface area contributed by atoms with Gasteiger partial charge >= 0.3 is 0 Å². The maximum Gasteiger partial charge on any atom is 0.135 e. The molecule has 1 aromatic heterocycles. The van der Waals surface area contributed by atoms with Crippen molar-refractivity contribution in [3.63, 3.8) is 0 Å². The van der Waals surface area contributed by atoms with E-state index in [0.29, 0.717) is 0 Å². The minimum absolute atomic E-state index is 0.758. The highest BCUT2D eigenvalue weighted by atomic mass is 79.9. The Morgan fingerprint density at radius 3 is 2.68 bits per heavy atom. The second-order valence-electron chi connectivity index (χ2n) is 3.92. The van der Waals surface area contributed by atoms with E-state index in [0.717, 1.165) is 34.9 Å². The minimum atomic E-state index is 0.758. The van der Waals surface area contributed by atoms with Crippen LogP contribution in [-0.2, 0) is 0 Å². The SMILES string of the molecule is CNCCNc1cc(Nc2ccccc2Br)ncn1. The second kappa shape index (κ2) is 7.06. The summed E-state index contributed by atoms with van der Waals surface area (Å²) in [5.41, 5.74) is 0.974. The van der Waals surface area contributed by atoms with Gasteiger partial charge in [0.1, 0.15) is 18.0 Å². The van der Waals surface area contributed by atoms with Crippen LogP contribution in [0.25, 0.3) is 0 Å². The number of hydrogen-bond acceptors (Lipinski definition) is 5. The third-order valence-corrected chi connectivity index (χ3v) is 3.18. The fourth-order valence-corrected chi connectivity index (χ4v) is 1.92. The molecule has 0 amide bonds. The van der Waals surface area contributed by atoms with Crippen LogP contribution in [-0.4, -0.2) is 30.1 Å². The first-order valence-corrected chi connectivity index (χ1v) is 6.81. The van der Waals surface area contributed by atoms with Crippen molar-refractivity contribution in [3.05, 3.63) is 41.1 Å². The van der Waals surface area contributed by atoms with E-state index >= 15 is 0 Å². The van der Waals surface area contributed by atoms with Gasteiger partial charge in [0.2, 0.25) is 0 Å². The molecule has 6 heteroatoms.